The summed E-state index contributed by atoms with van der Waals surface area (Å²) < 4.78 is 26.6. The standard InChI is InChI=1S/C26H19Cl2FINO4S/c1-2-34-22-10-15(9-21(30)24(22)35-14-17-7-8-18(27)12-19(17)28)11-23-25(32)31(26(33)36-23)13-16-5-3-4-6-20(16)29/h3-12H,2,13-14H2,1H3/b23-11-. The molecule has 186 valence electrons. The van der Waals surface area contributed by atoms with Gasteiger partial charge in [-0.25, -0.2) is 4.39 Å². The Morgan fingerprint density at radius 1 is 1.06 bits per heavy atom. The second kappa shape index (κ2) is 11.9. The minimum atomic E-state index is -0.473. The Hall–Kier alpha value is -2.27. The highest BCUT2D eigenvalue weighted by Crippen LogP contribution is 2.38. The van der Waals surface area contributed by atoms with Gasteiger partial charge >= 0.3 is 0 Å². The number of thioether (sulfide) groups is 1. The van der Waals surface area contributed by atoms with Crippen LogP contribution in [0.25, 0.3) is 6.08 Å². The van der Waals surface area contributed by atoms with Gasteiger partial charge in [-0.3, -0.25) is 14.5 Å². The monoisotopic (exact) mass is 657 g/mol. The Morgan fingerprint density at radius 3 is 2.56 bits per heavy atom. The molecule has 0 spiro atoms. The van der Waals surface area contributed by atoms with E-state index in [4.69, 9.17) is 32.7 Å². The van der Waals surface area contributed by atoms with Crippen molar-refractivity contribution >= 4 is 74.8 Å². The molecular formula is C26H19Cl2FINO4S. The van der Waals surface area contributed by atoms with Crippen LogP contribution in [0.5, 0.6) is 11.5 Å². The van der Waals surface area contributed by atoms with Crippen LogP contribution >= 0.6 is 57.6 Å². The van der Waals surface area contributed by atoms with E-state index in [-0.39, 0.29) is 23.6 Å². The average molecular weight is 658 g/mol. The van der Waals surface area contributed by atoms with Crippen LogP contribution in [0.1, 0.15) is 23.6 Å². The smallest absolute Gasteiger partial charge is 0.293 e. The fourth-order valence-electron chi connectivity index (χ4n) is 3.45. The molecule has 1 aliphatic rings. The number of ether oxygens (including phenoxy) is 2. The Balaban J connectivity index is 1.57. The van der Waals surface area contributed by atoms with E-state index < -0.39 is 17.0 Å². The number of carbonyl (C=O) groups excluding carboxylic acids is 2. The van der Waals surface area contributed by atoms with Crippen LogP contribution in [-0.4, -0.2) is 22.7 Å². The van der Waals surface area contributed by atoms with E-state index >= 15 is 0 Å². The number of rotatable bonds is 8. The van der Waals surface area contributed by atoms with Crippen molar-refractivity contribution < 1.29 is 23.5 Å². The number of imide groups is 1. The van der Waals surface area contributed by atoms with E-state index in [0.29, 0.717) is 33.7 Å². The van der Waals surface area contributed by atoms with Gasteiger partial charge < -0.3 is 9.47 Å². The molecule has 3 aromatic carbocycles. The van der Waals surface area contributed by atoms with E-state index in [1.165, 1.54) is 6.07 Å². The molecule has 1 heterocycles. The van der Waals surface area contributed by atoms with Gasteiger partial charge in [0.15, 0.2) is 11.5 Å². The SMILES string of the molecule is CCOc1cc(/C=C2\SC(=O)N(Cc3ccccc3F)C2=O)cc(I)c1OCc1ccc(Cl)cc1Cl. The van der Waals surface area contributed by atoms with E-state index in [2.05, 4.69) is 22.6 Å². The molecule has 0 saturated carbocycles. The van der Waals surface area contributed by atoms with Crippen molar-refractivity contribution in [2.24, 2.45) is 0 Å². The zero-order valence-corrected chi connectivity index (χ0v) is 23.4. The minimum Gasteiger partial charge on any atom is -0.490 e. The summed E-state index contributed by atoms with van der Waals surface area (Å²) in [6.07, 6.45) is 1.62. The van der Waals surface area contributed by atoms with Gasteiger partial charge in [0.1, 0.15) is 12.4 Å². The first-order chi connectivity index (χ1) is 17.3. The summed E-state index contributed by atoms with van der Waals surface area (Å²) in [7, 11) is 0. The van der Waals surface area contributed by atoms with E-state index in [1.807, 2.05) is 13.0 Å². The summed E-state index contributed by atoms with van der Waals surface area (Å²) in [5, 5.41) is 0.586. The van der Waals surface area contributed by atoms with Crippen molar-refractivity contribution in [1.29, 1.82) is 0 Å². The number of hydrogen-bond acceptors (Lipinski definition) is 5. The van der Waals surface area contributed by atoms with E-state index in [9.17, 15) is 14.0 Å². The van der Waals surface area contributed by atoms with Gasteiger partial charge in [0.2, 0.25) is 0 Å². The molecule has 5 nitrogen and oxygen atoms in total. The van der Waals surface area contributed by atoms with Crippen molar-refractivity contribution in [3.63, 3.8) is 0 Å². The highest BCUT2D eigenvalue weighted by atomic mass is 127. The molecule has 1 fully saturated rings. The van der Waals surface area contributed by atoms with Crippen LogP contribution in [0, 0.1) is 9.39 Å². The molecule has 0 aromatic heterocycles. The van der Waals surface area contributed by atoms with Crippen molar-refractivity contribution in [2.75, 3.05) is 6.61 Å². The third-order valence-corrected chi connectivity index (χ3v) is 7.47. The maximum atomic E-state index is 14.0. The van der Waals surface area contributed by atoms with Crippen LogP contribution in [0.3, 0.4) is 0 Å². The number of benzene rings is 3. The second-order valence-electron chi connectivity index (χ2n) is 7.65. The maximum absolute atomic E-state index is 14.0. The second-order valence-corrected chi connectivity index (χ2v) is 10.6. The first-order valence-corrected chi connectivity index (χ1v) is 13.4. The number of carbonyl (C=O) groups is 2. The van der Waals surface area contributed by atoms with Crippen molar-refractivity contribution in [2.45, 2.75) is 20.1 Å². The Morgan fingerprint density at radius 2 is 1.83 bits per heavy atom. The zero-order valence-electron chi connectivity index (χ0n) is 18.9. The van der Waals surface area contributed by atoms with Crippen molar-refractivity contribution in [3.8, 4) is 11.5 Å². The van der Waals surface area contributed by atoms with E-state index in [0.717, 1.165) is 25.8 Å². The molecule has 0 atom stereocenters. The van der Waals surface area contributed by atoms with E-state index in [1.54, 1.807) is 48.5 Å². The van der Waals surface area contributed by atoms with Gasteiger partial charge in [0.25, 0.3) is 11.1 Å². The van der Waals surface area contributed by atoms with Crippen LogP contribution < -0.4 is 9.47 Å². The molecule has 36 heavy (non-hydrogen) atoms. The molecule has 0 N–H and O–H groups in total. The van der Waals surface area contributed by atoms with Crippen molar-refractivity contribution in [3.05, 3.63) is 95.6 Å². The van der Waals surface area contributed by atoms with Gasteiger partial charge in [-0.05, 0) is 83.2 Å². The van der Waals surface area contributed by atoms with Gasteiger partial charge in [-0.1, -0.05) is 47.5 Å². The predicted molar refractivity (Wildman–Crippen MR) is 149 cm³/mol. The molecule has 4 rings (SSSR count). The van der Waals surface area contributed by atoms with Gasteiger partial charge in [0, 0.05) is 21.2 Å². The molecule has 0 unspecified atom stereocenters. The third kappa shape index (κ3) is 6.16. The van der Waals surface area contributed by atoms with Crippen LogP contribution in [-0.2, 0) is 17.9 Å². The zero-order chi connectivity index (χ0) is 25.8. The molecule has 2 amide bonds. The number of nitrogens with zero attached hydrogens (tertiary/aromatic N) is 1. The Kier molecular flexibility index (Phi) is 8.82. The molecule has 0 bridgehead atoms. The van der Waals surface area contributed by atoms with Crippen LogP contribution in [0.2, 0.25) is 10.0 Å². The topological polar surface area (TPSA) is 55.8 Å². The lowest BCUT2D eigenvalue weighted by Gasteiger charge is -2.15. The highest BCUT2D eigenvalue weighted by Gasteiger charge is 2.35. The Bertz CT molecular complexity index is 1370. The molecular weight excluding hydrogens is 639 g/mol. The quantitative estimate of drug-likeness (QED) is 0.182. The van der Waals surface area contributed by atoms with Gasteiger partial charge in [0.05, 0.1) is 21.6 Å². The lowest BCUT2D eigenvalue weighted by atomic mass is 10.1. The summed E-state index contributed by atoms with van der Waals surface area (Å²) in [6, 6.07) is 14.8. The maximum Gasteiger partial charge on any atom is 0.293 e. The van der Waals surface area contributed by atoms with Crippen molar-refractivity contribution in [1.82, 2.24) is 4.90 Å². The molecule has 1 saturated heterocycles. The first-order valence-electron chi connectivity index (χ1n) is 10.8. The summed E-state index contributed by atoms with van der Waals surface area (Å²) in [6.45, 7) is 2.33. The minimum absolute atomic E-state index is 0.129. The number of hydrogen-bond donors (Lipinski definition) is 0. The fourth-order valence-corrected chi connectivity index (χ4v) is 5.53. The highest BCUT2D eigenvalue weighted by molar-refractivity contribution is 14.1. The summed E-state index contributed by atoms with van der Waals surface area (Å²) in [5.41, 5.74) is 1.71. The Labute approximate surface area is 235 Å². The largest absolute Gasteiger partial charge is 0.490 e. The first kappa shape index (κ1) is 26.8. The number of halogens is 4. The lowest BCUT2D eigenvalue weighted by Crippen LogP contribution is -2.27. The average Bonchev–Trinajstić information content (AvgIpc) is 3.08. The third-order valence-electron chi connectivity index (χ3n) is 5.18. The molecule has 3 aromatic rings. The molecule has 10 heteroatoms. The predicted octanol–water partition coefficient (Wildman–Crippen LogP) is 7.95. The fraction of sp³-hybridized carbons (Fsp3) is 0.154. The summed E-state index contributed by atoms with van der Waals surface area (Å²) in [5.74, 6) is 0.0884. The van der Waals surface area contributed by atoms with Crippen LogP contribution in [0.15, 0.2) is 59.5 Å². The summed E-state index contributed by atoms with van der Waals surface area (Å²) in [4.78, 5) is 26.7. The lowest BCUT2D eigenvalue weighted by molar-refractivity contribution is -0.123. The normalized spacial score (nSPS) is 14.6. The molecule has 0 radical (unpaired) electrons. The summed E-state index contributed by atoms with van der Waals surface area (Å²) >= 11 is 15.2. The van der Waals surface area contributed by atoms with Gasteiger partial charge in [-0.2, -0.15) is 0 Å². The van der Waals surface area contributed by atoms with Gasteiger partial charge in [-0.15, -0.1) is 0 Å². The van der Waals surface area contributed by atoms with Crippen LogP contribution in [0.4, 0.5) is 9.18 Å². The number of amides is 2. The molecule has 1 aliphatic heterocycles. The molecule has 0 aliphatic carbocycles.